The third kappa shape index (κ3) is 50.9. The van der Waals surface area contributed by atoms with E-state index in [9.17, 15) is 0 Å². The van der Waals surface area contributed by atoms with Crippen LogP contribution in [0.2, 0.25) is 0 Å². The van der Waals surface area contributed by atoms with Crippen molar-refractivity contribution >= 4 is 34.9 Å². The number of hydrogen-bond acceptors (Lipinski definition) is 35. The van der Waals surface area contributed by atoms with Gasteiger partial charge in [0.1, 0.15) is 72.4 Å². The molecule has 0 radical (unpaired) electrons. The van der Waals surface area contributed by atoms with E-state index < -0.39 is 0 Å². The van der Waals surface area contributed by atoms with Gasteiger partial charge in [-0.3, -0.25) is 29.4 Å². The van der Waals surface area contributed by atoms with E-state index in [2.05, 4.69) is 211 Å². The molecule has 7 N–H and O–H groups in total. The van der Waals surface area contributed by atoms with E-state index in [-0.39, 0.29) is 0 Å². The highest BCUT2D eigenvalue weighted by molar-refractivity contribution is 5.42. The minimum atomic E-state index is 0.598. The highest BCUT2D eigenvalue weighted by Gasteiger charge is 2.23. The summed E-state index contributed by atoms with van der Waals surface area (Å²) >= 11 is 0. The van der Waals surface area contributed by atoms with Crippen molar-refractivity contribution in [2.45, 2.75) is 86.6 Å². The summed E-state index contributed by atoms with van der Waals surface area (Å²) in [6.45, 7) is 43.2. The second-order valence-electron chi connectivity index (χ2n) is 32.8. The van der Waals surface area contributed by atoms with Crippen LogP contribution >= 0.6 is 0 Å². The minimum absolute atomic E-state index is 0.598. The van der Waals surface area contributed by atoms with Gasteiger partial charge in [-0.1, -0.05) is 0 Å². The van der Waals surface area contributed by atoms with Crippen LogP contribution in [0.25, 0.3) is 0 Å². The maximum Gasteiger partial charge on any atom is 0.132 e. The summed E-state index contributed by atoms with van der Waals surface area (Å²) < 4.78 is 10.1. The molecule has 1 atom stereocenters. The van der Waals surface area contributed by atoms with Crippen LogP contribution in [0.5, 0.6) is 0 Å². The quantitative estimate of drug-likeness (QED) is 0.0384. The minimum Gasteiger partial charge on any atom is -0.384 e. The Morgan fingerprint density at radius 1 is 0.392 bits per heavy atom. The molecule has 680 valence electrons. The van der Waals surface area contributed by atoms with Crippen molar-refractivity contribution in [2.24, 2.45) is 11.8 Å². The molecule has 12 heterocycles. The van der Waals surface area contributed by atoms with Gasteiger partial charge in [0.05, 0.1) is 40.1 Å². The molecule has 6 aliphatic heterocycles. The van der Waals surface area contributed by atoms with Gasteiger partial charge in [0.15, 0.2) is 0 Å². The summed E-state index contributed by atoms with van der Waals surface area (Å²) in [5, 5.41) is 22.1. The molecular weight excluding hydrogens is 1520 g/mol. The van der Waals surface area contributed by atoms with Crippen LogP contribution in [0, 0.1) is 60.3 Å². The number of likely N-dealkylation sites (tertiary alicyclic amines) is 2. The van der Waals surface area contributed by atoms with Crippen LogP contribution in [-0.2, 0) is 9.47 Å². The number of piperidine rings is 2. The van der Waals surface area contributed by atoms with Crippen LogP contribution in [0.1, 0.15) is 72.1 Å². The molecule has 0 saturated carbocycles. The van der Waals surface area contributed by atoms with Gasteiger partial charge in [-0.25, -0.2) is 59.8 Å². The number of hydrogen-bond donors (Lipinski definition) is 7. The molecule has 6 aromatic heterocycles. The first-order valence-electron chi connectivity index (χ1n) is 42.7. The Bertz CT molecular complexity index is 3420. The fraction of sp³-hybridized carbons (Fsp3) is 0.718. The number of aryl methyl sites for hydroxylation is 7. The van der Waals surface area contributed by atoms with Gasteiger partial charge in [-0.05, 0) is 224 Å². The molecule has 0 bridgehead atoms. The first-order chi connectivity index (χ1) is 57.4. The highest BCUT2D eigenvalue weighted by Crippen LogP contribution is 2.21. The van der Waals surface area contributed by atoms with Gasteiger partial charge in [0.2, 0.25) is 0 Å². The van der Waals surface area contributed by atoms with Gasteiger partial charge >= 0.3 is 0 Å². The fourth-order valence-electron chi connectivity index (χ4n) is 13.0. The Balaban J connectivity index is 0.000000346. The topological polar surface area (TPSA) is 303 Å². The number of rotatable bonds is 25. The summed E-state index contributed by atoms with van der Waals surface area (Å²) in [6.07, 6.45) is 14.3. The molecule has 0 amide bonds. The molecule has 6 aliphatic rings. The number of methoxy groups -OCH3 is 2. The number of nitrogens with zero attached hydrogens (tertiary/aromatic N) is 26. The van der Waals surface area contributed by atoms with Crippen LogP contribution in [0.15, 0.2) is 68.0 Å². The molecule has 0 spiro atoms. The van der Waals surface area contributed by atoms with E-state index in [1.807, 2.05) is 159 Å². The molecule has 6 aromatic rings. The number of nitrogens with one attached hydrogen (secondary N) is 7. The zero-order valence-corrected chi connectivity index (χ0v) is 79.2. The summed E-state index contributed by atoms with van der Waals surface area (Å²) in [5.74, 6) is 8.11. The number of likely N-dealkylation sites (N-methyl/N-ethyl adjacent to an activating group) is 4. The molecule has 0 aliphatic carbocycles. The second kappa shape index (κ2) is 63.5. The van der Waals surface area contributed by atoms with Crippen molar-refractivity contribution < 1.29 is 9.47 Å². The SMILES string of the molecule is CN(C)CN1CCN(C)CC1.CNC1CCN(c2cc(C)nc(C)n2)C1.CNCN(C)c1cc(C)ncn1.CNCN1CCN(C)CC1.CNCNc1cc(C)ncn1.COCC1CCN(C)CC1.COCN1CCN(C)CC1.Cc1cc(N(C)CN(C)C)ncn1.Cc1cc(NCC2CCN(C)CC2)ncn1.Cc1cc(NCN(C)C)ncn1. The maximum absolute atomic E-state index is 5.10. The highest BCUT2D eigenvalue weighted by atomic mass is 16.5. The monoisotopic (exact) mass is 1680 g/mol. The Labute approximate surface area is 724 Å². The molecule has 0 aromatic carbocycles. The van der Waals surface area contributed by atoms with Gasteiger partial charge in [-0.15, -0.1) is 0 Å². The first-order valence-corrected chi connectivity index (χ1v) is 42.7. The molecule has 120 heavy (non-hydrogen) atoms. The van der Waals surface area contributed by atoms with Crippen molar-refractivity contribution in [3.05, 3.63) is 108 Å². The number of aromatic nitrogens is 12. The van der Waals surface area contributed by atoms with Crippen LogP contribution in [0.4, 0.5) is 34.9 Å². The smallest absolute Gasteiger partial charge is 0.132 e. The first kappa shape index (κ1) is 107. The maximum atomic E-state index is 5.10. The van der Waals surface area contributed by atoms with Crippen molar-refractivity contribution in [3.8, 4) is 0 Å². The number of ether oxygens (including phenoxy) is 2. The number of anilines is 6. The van der Waals surface area contributed by atoms with Gasteiger partial charge in [0, 0.05) is 216 Å². The summed E-state index contributed by atoms with van der Waals surface area (Å²) in [5.41, 5.74) is 6.00. The lowest BCUT2D eigenvalue weighted by atomic mass is 9.97. The predicted molar refractivity (Wildman–Crippen MR) is 496 cm³/mol. The van der Waals surface area contributed by atoms with Crippen LogP contribution in [0.3, 0.4) is 0 Å². The van der Waals surface area contributed by atoms with E-state index in [4.69, 9.17) is 9.47 Å². The Morgan fingerprint density at radius 2 is 0.833 bits per heavy atom. The average Bonchev–Trinajstić information content (AvgIpc) is 1.66. The molecule has 12 rings (SSSR count). The Morgan fingerprint density at radius 3 is 1.24 bits per heavy atom. The van der Waals surface area contributed by atoms with Crippen molar-refractivity contribution in [1.29, 1.82) is 0 Å². The Kier molecular flexibility index (Phi) is 56.5. The van der Waals surface area contributed by atoms with E-state index in [1.54, 1.807) is 45.9 Å². The zero-order chi connectivity index (χ0) is 88.6. The molecule has 6 fully saturated rings. The standard InChI is InChI=1S/C12H20N4.C11H18N4.C9H16N4.2C8H14N4.C8H19N3.C8H17NO.C7H12N4.C7H17N3.C7H16N2O/c1-10-7-12(15-9-14-10)13-8-11-3-5-16(2)6-4-11;1-8-6-11(14-9(2)13-8)15-5-4-10(7-15)12-3;1-8-5-9(11-6-10-8)13(4)7-12(2)3;1-7-4-8(10-5-9-7)11-6-12(2)3;1-7-4-8(11-5-10-7)12(3)6-9-2;1-9(2)8-11-6-4-10(3)5-7-11;1-9-5-3-8(4-6-9)7-10-2;1-6-3-7(10-4-8-2)11-5-9-6;1-8-7-10-5-3-9(2)4-6-10;1-8-3-5-9(6-4-8)7-10-2/h7,9,11H,3-6,8H2,1-2H3,(H,13,14,15);6,10,12H,4-5,7H2,1-3H3;5-6H,7H2,1-4H3;4-5H,6H2,1-3H3,(H,9,10,11);4-5,9H,6H2,1-3H3;4-8H2,1-3H3;8H,3-7H2,1-2H3;3,5,8H,4H2,1-2H3,(H,9,10,11);8H,3-7H2,1-2H3;3-7H2,1-2H3. The lowest BCUT2D eigenvalue weighted by Crippen LogP contribution is -2.47. The van der Waals surface area contributed by atoms with Gasteiger partial charge in [-0.2, -0.15) is 0 Å². The summed E-state index contributed by atoms with van der Waals surface area (Å²) in [6, 6.07) is 12.4. The Hall–Kier alpha value is -7.40. The molecule has 6 saturated heterocycles. The van der Waals surface area contributed by atoms with E-state index in [0.29, 0.717) is 6.04 Å². The lowest BCUT2D eigenvalue weighted by Gasteiger charge is -2.33. The van der Waals surface area contributed by atoms with E-state index >= 15 is 0 Å². The zero-order valence-electron chi connectivity index (χ0n) is 79.2. The summed E-state index contributed by atoms with van der Waals surface area (Å²) in [7, 11) is 38.5. The van der Waals surface area contributed by atoms with Crippen molar-refractivity contribution in [2.75, 3.05) is 342 Å². The molecular formula is C85H163N33O2. The molecule has 35 nitrogen and oxygen atoms in total. The third-order valence-electron chi connectivity index (χ3n) is 20.2. The average molecular weight is 1680 g/mol. The van der Waals surface area contributed by atoms with E-state index in [0.717, 1.165) is 173 Å². The normalized spacial score (nSPS) is 17.1. The predicted octanol–water partition coefficient (Wildman–Crippen LogP) is 4.63. The molecule has 1 unspecified atom stereocenters. The molecule has 35 heteroatoms. The fourth-order valence-corrected chi connectivity index (χ4v) is 13.0. The summed E-state index contributed by atoms with van der Waals surface area (Å²) in [4.78, 5) is 81.4. The van der Waals surface area contributed by atoms with Crippen LogP contribution < -0.4 is 51.9 Å². The number of piperazine rings is 3. The second-order valence-corrected chi connectivity index (χ2v) is 32.8. The van der Waals surface area contributed by atoms with E-state index in [1.165, 1.54) is 124 Å². The van der Waals surface area contributed by atoms with Crippen molar-refractivity contribution in [3.63, 3.8) is 0 Å². The van der Waals surface area contributed by atoms with Crippen molar-refractivity contribution in [1.82, 2.24) is 135 Å². The third-order valence-corrected chi connectivity index (χ3v) is 20.2. The van der Waals surface area contributed by atoms with Crippen LogP contribution in [-0.4, -0.2) is 431 Å². The lowest BCUT2D eigenvalue weighted by molar-refractivity contribution is 0.0328. The van der Waals surface area contributed by atoms with Gasteiger partial charge < -0.3 is 85.9 Å². The van der Waals surface area contributed by atoms with Gasteiger partial charge in [0.25, 0.3) is 0 Å². The largest absolute Gasteiger partial charge is 0.384 e.